The first kappa shape index (κ1) is 38.8. The van der Waals surface area contributed by atoms with Gasteiger partial charge in [0.1, 0.15) is 11.5 Å². The number of hydrogen-bond acceptors (Lipinski definition) is 6. The Morgan fingerprint density at radius 1 is 0.500 bits per heavy atom. The first-order valence-corrected chi connectivity index (χ1v) is 19.0. The van der Waals surface area contributed by atoms with E-state index in [0.29, 0.717) is 5.75 Å². The van der Waals surface area contributed by atoms with Crippen molar-refractivity contribution in [3.8, 4) is 11.5 Å². The molecule has 6 heteroatoms. The number of ketones is 1. The SMILES string of the molecule is COc1ccc(/C(=C\c2ccc(N(c3ccc(C)cc3)c3ccc(C=C(c4ccccc4)c4ccccc4)cc3)cc2)c2ccc(OC(=O)OCC(C)=O)cc2)cc1. The minimum Gasteiger partial charge on any atom is -0.497 e. The second kappa shape index (κ2) is 18.5. The van der Waals surface area contributed by atoms with Gasteiger partial charge in [-0.2, -0.15) is 0 Å². The van der Waals surface area contributed by atoms with Crippen molar-refractivity contribution in [1.82, 2.24) is 0 Å². The third-order valence-corrected chi connectivity index (χ3v) is 9.55. The quantitative estimate of drug-likeness (QED) is 0.0662. The fraction of sp³-hybridized carbons (Fsp3) is 0.0769. The number of aryl methyl sites for hydroxylation is 1. The van der Waals surface area contributed by atoms with Crippen molar-refractivity contribution in [2.45, 2.75) is 13.8 Å². The van der Waals surface area contributed by atoms with Crippen LogP contribution in [0.2, 0.25) is 0 Å². The van der Waals surface area contributed by atoms with E-state index in [9.17, 15) is 9.59 Å². The summed E-state index contributed by atoms with van der Waals surface area (Å²) in [6.07, 6.45) is 3.45. The summed E-state index contributed by atoms with van der Waals surface area (Å²) in [4.78, 5) is 25.5. The van der Waals surface area contributed by atoms with E-state index in [0.717, 1.165) is 56.2 Å². The largest absolute Gasteiger partial charge is 0.514 e. The molecule has 7 aromatic rings. The predicted molar refractivity (Wildman–Crippen MR) is 235 cm³/mol. The average Bonchev–Trinajstić information content (AvgIpc) is 3.27. The lowest BCUT2D eigenvalue weighted by atomic mass is 9.95. The molecule has 6 nitrogen and oxygen atoms in total. The Morgan fingerprint density at radius 3 is 1.31 bits per heavy atom. The maximum Gasteiger partial charge on any atom is 0.514 e. The van der Waals surface area contributed by atoms with Gasteiger partial charge in [0.15, 0.2) is 12.4 Å². The van der Waals surface area contributed by atoms with Gasteiger partial charge < -0.3 is 19.1 Å². The predicted octanol–water partition coefficient (Wildman–Crippen LogP) is 12.8. The van der Waals surface area contributed by atoms with Crippen molar-refractivity contribution in [1.29, 1.82) is 0 Å². The van der Waals surface area contributed by atoms with E-state index in [4.69, 9.17) is 14.2 Å². The minimum absolute atomic E-state index is 0.267. The summed E-state index contributed by atoms with van der Waals surface area (Å²) >= 11 is 0. The van der Waals surface area contributed by atoms with Crippen LogP contribution in [0.25, 0.3) is 23.3 Å². The minimum atomic E-state index is -0.929. The van der Waals surface area contributed by atoms with Crippen LogP contribution in [0.3, 0.4) is 0 Å². The summed E-state index contributed by atoms with van der Waals surface area (Å²) in [6.45, 7) is 3.10. The number of anilines is 3. The summed E-state index contributed by atoms with van der Waals surface area (Å²) in [5, 5.41) is 0. The van der Waals surface area contributed by atoms with Gasteiger partial charge in [-0.05, 0) is 131 Å². The molecule has 0 atom stereocenters. The highest BCUT2D eigenvalue weighted by molar-refractivity contribution is 5.93. The zero-order valence-corrected chi connectivity index (χ0v) is 32.7. The third kappa shape index (κ3) is 9.86. The van der Waals surface area contributed by atoms with Crippen LogP contribution in [0.5, 0.6) is 11.5 Å². The molecule has 0 aromatic heterocycles. The van der Waals surface area contributed by atoms with E-state index < -0.39 is 6.16 Å². The van der Waals surface area contributed by atoms with Crippen LogP contribution in [0.4, 0.5) is 21.9 Å². The first-order chi connectivity index (χ1) is 28.3. The van der Waals surface area contributed by atoms with Gasteiger partial charge in [0.2, 0.25) is 0 Å². The van der Waals surface area contributed by atoms with Crippen molar-refractivity contribution in [3.63, 3.8) is 0 Å². The van der Waals surface area contributed by atoms with E-state index in [1.165, 1.54) is 23.6 Å². The molecule has 0 unspecified atom stereocenters. The maximum atomic E-state index is 12.1. The maximum absolute atomic E-state index is 12.1. The molecule has 0 aliphatic carbocycles. The molecular formula is C52H43NO5. The summed E-state index contributed by atoms with van der Waals surface area (Å²) in [5.74, 6) is 0.800. The van der Waals surface area contributed by atoms with Gasteiger partial charge in [-0.25, -0.2) is 4.79 Å². The Bertz CT molecular complexity index is 2470. The number of hydrogen-bond donors (Lipinski definition) is 0. The lowest BCUT2D eigenvalue weighted by Gasteiger charge is -2.26. The number of Topliss-reactive ketones (excluding diaryl/α,β-unsaturated/α-hetero) is 1. The van der Waals surface area contributed by atoms with E-state index in [1.54, 1.807) is 19.2 Å². The topological polar surface area (TPSA) is 65.1 Å². The van der Waals surface area contributed by atoms with Crippen LogP contribution in [-0.4, -0.2) is 25.7 Å². The van der Waals surface area contributed by atoms with Crippen molar-refractivity contribution < 1.29 is 23.8 Å². The highest BCUT2D eigenvalue weighted by Crippen LogP contribution is 2.37. The zero-order valence-electron chi connectivity index (χ0n) is 32.7. The summed E-state index contributed by atoms with van der Waals surface area (Å²) < 4.78 is 15.6. The third-order valence-electron chi connectivity index (χ3n) is 9.55. The normalized spacial score (nSPS) is 11.0. The molecule has 0 aliphatic heterocycles. The van der Waals surface area contributed by atoms with E-state index in [1.807, 2.05) is 48.5 Å². The molecule has 0 spiro atoms. The Morgan fingerprint density at radius 2 is 0.897 bits per heavy atom. The fourth-order valence-electron chi connectivity index (χ4n) is 6.58. The molecule has 7 aromatic carbocycles. The molecule has 58 heavy (non-hydrogen) atoms. The Kier molecular flexibility index (Phi) is 12.4. The van der Waals surface area contributed by atoms with Crippen LogP contribution in [0.15, 0.2) is 182 Å². The summed E-state index contributed by atoms with van der Waals surface area (Å²) in [6, 6.07) is 61.8. The number of benzene rings is 7. The van der Waals surface area contributed by atoms with Crippen LogP contribution < -0.4 is 14.4 Å². The Labute approximate surface area is 339 Å². The summed E-state index contributed by atoms with van der Waals surface area (Å²) in [5.41, 5.74) is 12.8. The van der Waals surface area contributed by atoms with Crippen LogP contribution in [0, 0.1) is 6.92 Å². The molecule has 7 rings (SSSR count). The highest BCUT2D eigenvalue weighted by atomic mass is 16.7. The molecule has 0 fully saturated rings. The highest BCUT2D eigenvalue weighted by Gasteiger charge is 2.15. The molecule has 0 saturated carbocycles. The van der Waals surface area contributed by atoms with E-state index in [2.05, 4.69) is 145 Å². The van der Waals surface area contributed by atoms with Crippen molar-refractivity contribution >= 4 is 52.3 Å². The number of methoxy groups -OCH3 is 1. The summed E-state index contributed by atoms with van der Waals surface area (Å²) in [7, 11) is 1.65. The molecule has 0 amide bonds. The smallest absolute Gasteiger partial charge is 0.497 e. The number of carbonyl (C=O) groups is 2. The molecular weight excluding hydrogens is 719 g/mol. The molecule has 0 aliphatic rings. The van der Waals surface area contributed by atoms with Crippen LogP contribution >= 0.6 is 0 Å². The van der Waals surface area contributed by atoms with E-state index in [-0.39, 0.29) is 12.4 Å². The van der Waals surface area contributed by atoms with Crippen LogP contribution in [-0.2, 0) is 9.53 Å². The molecule has 286 valence electrons. The number of carbonyl (C=O) groups excluding carboxylic acids is 2. The van der Waals surface area contributed by atoms with Gasteiger partial charge in [-0.3, -0.25) is 4.79 Å². The van der Waals surface area contributed by atoms with Gasteiger partial charge in [0.05, 0.1) is 7.11 Å². The Hall–Kier alpha value is -7.44. The number of ether oxygens (including phenoxy) is 3. The second-order valence-electron chi connectivity index (χ2n) is 13.8. The number of rotatable bonds is 13. The van der Waals surface area contributed by atoms with Gasteiger partial charge in [-0.15, -0.1) is 0 Å². The first-order valence-electron chi connectivity index (χ1n) is 19.0. The van der Waals surface area contributed by atoms with Gasteiger partial charge >= 0.3 is 6.16 Å². The molecule has 0 radical (unpaired) electrons. The Balaban J connectivity index is 1.21. The monoisotopic (exact) mass is 761 g/mol. The molecule has 0 bridgehead atoms. The lowest BCUT2D eigenvalue weighted by Crippen LogP contribution is -2.15. The van der Waals surface area contributed by atoms with Crippen molar-refractivity contribution in [2.24, 2.45) is 0 Å². The standard InChI is InChI=1S/C52H43NO5/c1-37-14-24-45(25-15-37)53(46-26-16-39(17-27-46)34-50(41-10-6-4-7-11-41)42-12-8-5-9-13-42)47-28-18-40(19-29-47)35-51(43-20-30-48(56-3)31-21-43)44-22-32-49(33-23-44)58-52(55)57-36-38(2)54/h4-35H,36H2,1-3H3/b51-35+. The fourth-order valence-corrected chi connectivity index (χ4v) is 6.58. The molecule has 0 saturated heterocycles. The molecule has 0 heterocycles. The van der Waals surface area contributed by atoms with Crippen molar-refractivity contribution in [2.75, 3.05) is 18.6 Å². The average molecular weight is 762 g/mol. The van der Waals surface area contributed by atoms with E-state index >= 15 is 0 Å². The second-order valence-corrected chi connectivity index (χ2v) is 13.8. The van der Waals surface area contributed by atoms with Gasteiger partial charge in [0.25, 0.3) is 0 Å². The zero-order chi connectivity index (χ0) is 40.3. The van der Waals surface area contributed by atoms with Crippen LogP contribution in [0.1, 0.15) is 45.9 Å². The van der Waals surface area contributed by atoms with Gasteiger partial charge in [-0.1, -0.05) is 127 Å². The van der Waals surface area contributed by atoms with Gasteiger partial charge in [0, 0.05) is 17.1 Å². The van der Waals surface area contributed by atoms with Crippen molar-refractivity contribution in [3.05, 3.63) is 221 Å². The number of nitrogens with zero attached hydrogens (tertiary/aromatic N) is 1. The molecule has 0 N–H and O–H groups in total. The lowest BCUT2D eigenvalue weighted by molar-refractivity contribution is -0.120.